The van der Waals surface area contributed by atoms with Crippen LogP contribution in [-0.2, 0) is 6.54 Å². The van der Waals surface area contributed by atoms with Gasteiger partial charge < -0.3 is 4.90 Å². The zero-order chi connectivity index (χ0) is 13.1. The fourth-order valence-corrected chi connectivity index (χ4v) is 3.25. The van der Waals surface area contributed by atoms with Gasteiger partial charge in [-0.1, -0.05) is 6.07 Å². The summed E-state index contributed by atoms with van der Waals surface area (Å²) < 4.78 is 0. The topological polar surface area (TPSA) is 19.4 Å². The van der Waals surface area contributed by atoms with Crippen LogP contribution in [0.15, 0.2) is 35.8 Å². The van der Waals surface area contributed by atoms with E-state index >= 15 is 0 Å². The van der Waals surface area contributed by atoms with Crippen molar-refractivity contribution in [3.63, 3.8) is 0 Å². The SMILES string of the molecule is CN1CCN(Cc2csc(-c3ccccn3)c2)CC1. The van der Waals surface area contributed by atoms with Crippen LogP contribution in [0.1, 0.15) is 5.56 Å². The fourth-order valence-electron chi connectivity index (χ4n) is 2.37. The van der Waals surface area contributed by atoms with E-state index in [0.29, 0.717) is 0 Å². The average Bonchev–Trinajstić information content (AvgIpc) is 2.91. The molecule has 0 amide bonds. The van der Waals surface area contributed by atoms with Crippen molar-refractivity contribution in [2.45, 2.75) is 6.54 Å². The summed E-state index contributed by atoms with van der Waals surface area (Å²) in [4.78, 5) is 10.6. The lowest BCUT2D eigenvalue weighted by atomic mass is 10.2. The van der Waals surface area contributed by atoms with Crippen molar-refractivity contribution in [1.29, 1.82) is 0 Å². The van der Waals surface area contributed by atoms with Crippen LogP contribution < -0.4 is 0 Å². The maximum Gasteiger partial charge on any atom is 0.0801 e. The van der Waals surface area contributed by atoms with E-state index in [1.165, 1.54) is 36.6 Å². The predicted molar refractivity (Wildman–Crippen MR) is 80.3 cm³/mol. The summed E-state index contributed by atoms with van der Waals surface area (Å²) in [5.41, 5.74) is 2.49. The van der Waals surface area contributed by atoms with Gasteiger partial charge in [-0.3, -0.25) is 9.88 Å². The monoisotopic (exact) mass is 273 g/mol. The van der Waals surface area contributed by atoms with Crippen molar-refractivity contribution in [2.24, 2.45) is 0 Å². The number of nitrogens with zero attached hydrogens (tertiary/aromatic N) is 3. The Morgan fingerprint density at radius 3 is 2.79 bits per heavy atom. The van der Waals surface area contributed by atoms with Gasteiger partial charge in [0, 0.05) is 38.9 Å². The zero-order valence-electron chi connectivity index (χ0n) is 11.2. The van der Waals surface area contributed by atoms with Crippen LogP contribution in [0.4, 0.5) is 0 Å². The minimum absolute atomic E-state index is 1.07. The summed E-state index contributed by atoms with van der Waals surface area (Å²) in [7, 11) is 2.20. The van der Waals surface area contributed by atoms with E-state index in [2.05, 4.69) is 39.3 Å². The smallest absolute Gasteiger partial charge is 0.0801 e. The van der Waals surface area contributed by atoms with Crippen LogP contribution >= 0.6 is 11.3 Å². The molecule has 0 aliphatic carbocycles. The Bertz CT molecular complexity index is 515. The molecule has 0 radical (unpaired) electrons. The largest absolute Gasteiger partial charge is 0.304 e. The highest BCUT2D eigenvalue weighted by Crippen LogP contribution is 2.26. The van der Waals surface area contributed by atoms with Crippen molar-refractivity contribution in [2.75, 3.05) is 33.2 Å². The minimum Gasteiger partial charge on any atom is -0.304 e. The molecule has 3 nitrogen and oxygen atoms in total. The second-order valence-corrected chi connectivity index (χ2v) is 6.02. The molecule has 2 aromatic heterocycles. The molecule has 1 aliphatic heterocycles. The highest BCUT2D eigenvalue weighted by atomic mass is 32.1. The number of hydrogen-bond acceptors (Lipinski definition) is 4. The van der Waals surface area contributed by atoms with Gasteiger partial charge in [-0.25, -0.2) is 0 Å². The third-order valence-electron chi connectivity index (χ3n) is 3.57. The van der Waals surface area contributed by atoms with Gasteiger partial charge in [0.1, 0.15) is 0 Å². The molecular formula is C15H19N3S. The first-order valence-electron chi connectivity index (χ1n) is 6.71. The van der Waals surface area contributed by atoms with Gasteiger partial charge in [0.2, 0.25) is 0 Å². The molecule has 100 valence electrons. The van der Waals surface area contributed by atoms with E-state index < -0.39 is 0 Å². The molecule has 4 heteroatoms. The minimum atomic E-state index is 1.07. The molecule has 0 atom stereocenters. The van der Waals surface area contributed by atoms with Crippen LogP contribution in [0.3, 0.4) is 0 Å². The summed E-state index contributed by atoms with van der Waals surface area (Å²) in [6.45, 7) is 5.77. The van der Waals surface area contributed by atoms with Crippen LogP contribution in [0, 0.1) is 0 Å². The molecule has 0 aromatic carbocycles. The Morgan fingerprint density at radius 1 is 1.21 bits per heavy atom. The molecular weight excluding hydrogens is 254 g/mol. The Morgan fingerprint density at radius 2 is 2.05 bits per heavy atom. The first-order valence-corrected chi connectivity index (χ1v) is 7.59. The zero-order valence-corrected chi connectivity index (χ0v) is 12.1. The summed E-state index contributed by atoms with van der Waals surface area (Å²) in [6, 6.07) is 8.36. The Balaban J connectivity index is 1.65. The molecule has 0 spiro atoms. The van der Waals surface area contributed by atoms with Crippen LogP contribution in [0.2, 0.25) is 0 Å². The third-order valence-corrected chi connectivity index (χ3v) is 4.57. The highest BCUT2D eigenvalue weighted by molar-refractivity contribution is 7.13. The van der Waals surface area contributed by atoms with Crippen LogP contribution in [0.5, 0.6) is 0 Å². The average molecular weight is 273 g/mol. The van der Waals surface area contributed by atoms with Crippen molar-refractivity contribution in [3.8, 4) is 10.6 Å². The van der Waals surface area contributed by atoms with Crippen molar-refractivity contribution < 1.29 is 0 Å². The lowest BCUT2D eigenvalue weighted by molar-refractivity contribution is 0.148. The summed E-state index contributed by atoms with van der Waals surface area (Å²) >= 11 is 1.79. The summed E-state index contributed by atoms with van der Waals surface area (Å²) in [6.07, 6.45) is 1.86. The molecule has 3 rings (SSSR count). The van der Waals surface area contributed by atoms with Gasteiger partial charge in [0.05, 0.1) is 10.6 Å². The van der Waals surface area contributed by atoms with Crippen molar-refractivity contribution >= 4 is 11.3 Å². The molecule has 1 saturated heterocycles. The predicted octanol–water partition coefficient (Wildman–Crippen LogP) is 2.56. The molecule has 19 heavy (non-hydrogen) atoms. The molecule has 0 unspecified atom stereocenters. The summed E-state index contributed by atoms with van der Waals surface area (Å²) in [5, 5.41) is 2.27. The van der Waals surface area contributed by atoms with Gasteiger partial charge >= 0.3 is 0 Å². The molecule has 1 aliphatic rings. The number of rotatable bonds is 3. The number of thiophene rings is 1. The van der Waals surface area contributed by atoms with E-state index in [9.17, 15) is 0 Å². The molecule has 3 heterocycles. The molecule has 0 N–H and O–H groups in total. The summed E-state index contributed by atoms with van der Waals surface area (Å²) in [5.74, 6) is 0. The number of hydrogen-bond donors (Lipinski definition) is 0. The quantitative estimate of drug-likeness (QED) is 0.857. The normalized spacial score (nSPS) is 17.7. The number of pyridine rings is 1. The maximum absolute atomic E-state index is 4.41. The maximum atomic E-state index is 4.41. The van der Waals surface area contributed by atoms with Gasteiger partial charge in [-0.15, -0.1) is 11.3 Å². The molecule has 0 saturated carbocycles. The van der Waals surface area contributed by atoms with E-state index in [1.807, 2.05) is 18.3 Å². The number of aromatic nitrogens is 1. The van der Waals surface area contributed by atoms with E-state index in [-0.39, 0.29) is 0 Å². The number of piperazine rings is 1. The molecule has 2 aromatic rings. The van der Waals surface area contributed by atoms with Gasteiger partial charge in [-0.2, -0.15) is 0 Å². The van der Waals surface area contributed by atoms with Gasteiger partial charge in [0.15, 0.2) is 0 Å². The Labute approximate surface area is 118 Å². The van der Waals surface area contributed by atoms with E-state index in [1.54, 1.807) is 11.3 Å². The van der Waals surface area contributed by atoms with Gasteiger partial charge in [0.25, 0.3) is 0 Å². The van der Waals surface area contributed by atoms with Crippen LogP contribution in [0.25, 0.3) is 10.6 Å². The molecule has 0 bridgehead atoms. The Hall–Kier alpha value is -1.23. The van der Waals surface area contributed by atoms with Gasteiger partial charge in [-0.05, 0) is 36.2 Å². The first-order chi connectivity index (χ1) is 9.31. The molecule has 1 fully saturated rings. The third kappa shape index (κ3) is 3.21. The fraction of sp³-hybridized carbons (Fsp3) is 0.400. The Kier molecular flexibility index (Phi) is 3.92. The van der Waals surface area contributed by atoms with Crippen molar-refractivity contribution in [1.82, 2.24) is 14.8 Å². The van der Waals surface area contributed by atoms with Crippen molar-refractivity contribution in [3.05, 3.63) is 41.4 Å². The lowest BCUT2D eigenvalue weighted by Crippen LogP contribution is -2.43. The standard InChI is InChI=1S/C15H19N3S/c1-17-6-8-18(9-7-17)11-13-10-15(19-12-13)14-4-2-3-5-16-14/h2-5,10,12H,6-9,11H2,1H3. The lowest BCUT2D eigenvalue weighted by Gasteiger charge is -2.32. The number of likely N-dealkylation sites (N-methyl/N-ethyl adjacent to an activating group) is 1. The highest BCUT2D eigenvalue weighted by Gasteiger charge is 2.14. The second kappa shape index (κ2) is 5.82. The van der Waals surface area contributed by atoms with Crippen LogP contribution in [-0.4, -0.2) is 48.0 Å². The second-order valence-electron chi connectivity index (χ2n) is 5.11. The first kappa shape index (κ1) is 12.8. The van der Waals surface area contributed by atoms with E-state index in [0.717, 1.165) is 12.2 Å². The van der Waals surface area contributed by atoms with E-state index in [4.69, 9.17) is 0 Å².